The topological polar surface area (TPSA) is 49.3 Å². The molecule has 0 saturated carbocycles. The summed E-state index contributed by atoms with van der Waals surface area (Å²) in [6.45, 7) is 6.93. The summed E-state index contributed by atoms with van der Waals surface area (Å²) in [4.78, 5) is 10.9. The van der Waals surface area contributed by atoms with Crippen LogP contribution in [0.1, 0.15) is 34.6 Å². The van der Waals surface area contributed by atoms with Gasteiger partial charge in [0.25, 0.3) is 0 Å². The van der Waals surface area contributed by atoms with Crippen molar-refractivity contribution in [1.29, 1.82) is 0 Å². The first-order valence-corrected chi connectivity index (χ1v) is 5.90. The van der Waals surface area contributed by atoms with E-state index in [4.69, 9.17) is 5.11 Å². The van der Waals surface area contributed by atoms with Gasteiger partial charge in [0.15, 0.2) is 0 Å². The normalized spacial score (nSPS) is 12.5. The molecule has 3 nitrogen and oxygen atoms in total. The van der Waals surface area contributed by atoms with Gasteiger partial charge < -0.3 is 10.4 Å². The number of carbonyl (C=O) groups is 1. The zero-order valence-electron chi connectivity index (χ0n) is 11.0. The van der Waals surface area contributed by atoms with Gasteiger partial charge in [0.1, 0.15) is 0 Å². The van der Waals surface area contributed by atoms with Crippen LogP contribution in [0.15, 0.2) is 12.1 Å². The largest absolute Gasteiger partial charge is 0.481 e. The molecule has 0 heterocycles. The molecule has 0 aliphatic carbocycles. The van der Waals surface area contributed by atoms with Gasteiger partial charge in [0.05, 0.1) is 6.42 Å². The second kappa shape index (κ2) is 5.82. The average molecular weight is 235 g/mol. The summed E-state index contributed by atoms with van der Waals surface area (Å²) in [5.74, 6) is -0.709. The molecule has 1 aromatic carbocycles. The lowest BCUT2D eigenvalue weighted by Gasteiger charge is -2.19. The molecule has 0 spiro atoms. The maximum atomic E-state index is 10.9. The molecule has 0 aliphatic heterocycles. The number of aryl methyl sites for hydroxylation is 1. The molecule has 0 fully saturated rings. The summed E-state index contributed by atoms with van der Waals surface area (Å²) in [5, 5.41) is 12.0. The SMILES string of the molecule is CNCC(CC(=O)O)c1ccc(C)c(C)c1C. The minimum atomic E-state index is -0.747. The number of carboxylic acid groups (broad SMARTS) is 1. The van der Waals surface area contributed by atoms with E-state index in [9.17, 15) is 4.79 Å². The van der Waals surface area contributed by atoms with Crippen LogP contribution in [-0.4, -0.2) is 24.7 Å². The van der Waals surface area contributed by atoms with Crippen molar-refractivity contribution in [2.24, 2.45) is 0 Å². The van der Waals surface area contributed by atoms with Crippen LogP contribution >= 0.6 is 0 Å². The Morgan fingerprint density at radius 1 is 1.29 bits per heavy atom. The first-order chi connectivity index (χ1) is 7.97. The third kappa shape index (κ3) is 3.30. The Kier molecular flexibility index (Phi) is 4.70. The molecule has 2 N–H and O–H groups in total. The van der Waals surface area contributed by atoms with E-state index < -0.39 is 5.97 Å². The predicted octanol–water partition coefficient (Wildman–Crippen LogP) is 2.39. The van der Waals surface area contributed by atoms with Crippen LogP contribution in [0.5, 0.6) is 0 Å². The number of rotatable bonds is 5. The highest BCUT2D eigenvalue weighted by Gasteiger charge is 2.17. The first-order valence-electron chi connectivity index (χ1n) is 5.90. The zero-order chi connectivity index (χ0) is 13.0. The Morgan fingerprint density at radius 2 is 1.94 bits per heavy atom. The molecule has 0 aromatic heterocycles. The van der Waals surface area contributed by atoms with Crippen LogP contribution in [0.4, 0.5) is 0 Å². The Bertz CT molecular complexity index is 413. The van der Waals surface area contributed by atoms with Crippen molar-refractivity contribution in [2.45, 2.75) is 33.1 Å². The van der Waals surface area contributed by atoms with Gasteiger partial charge in [-0.05, 0) is 50.1 Å². The lowest BCUT2D eigenvalue weighted by atomic mass is 9.88. The minimum Gasteiger partial charge on any atom is -0.481 e. The van der Waals surface area contributed by atoms with Crippen molar-refractivity contribution in [3.8, 4) is 0 Å². The Hall–Kier alpha value is -1.35. The highest BCUT2D eigenvalue weighted by atomic mass is 16.4. The van der Waals surface area contributed by atoms with E-state index in [1.54, 1.807) is 0 Å². The number of hydrogen-bond donors (Lipinski definition) is 2. The number of likely N-dealkylation sites (N-methyl/N-ethyl adjacent to an activating group) is 1. The number of nitrogens with one attached hydrogen (secondary N) is 1. The van der Waals surface area contributed by atoms with Crippen molar-refractivity contribution >= 4 is 5.97 Å². The second-order valence-electron chi connectivity index (χ2n) is 4.57. The molecule has 1 aromatic rings. The summed E-state index contributed by atoms with van der Waals surface area (Å²) in [6, 6.07) is 4.13. The number of carboxylic acids is 1. The summed E-state index contributed by atoms with van der Waals surface area (Å²) >= 11 is 0. The molecule has 0 saturated heterocycles. The monoisotopic (exact) mass is 235 g/mol. The molecule has 1 atom stereocenters. The van der Waals surface area contributed by atoms with E-state index in [1.807, 2.05) is 7.05 Å². The van der Waals surface area contributed by atoms with E-state index in [1.165, 1.54) is 16.7 Å². The van der Waals surface area contributed by atoms with Crippen LogP contribution in [0.3, 0.4) is 0 Å². The average Bonchev–Trinajstić information content (AvgIpc) is 2.25. The highest BCUT2D eigenvalue weighted by molar-refractivity contribution is 5.68. The molecule has 1 unspecified atom stereocenters. The summed E-state index contributed by atoms with van der Waals surface area (Å²) < 4.78 is 0. The predicted molar refractivity (Wildman–Crippen MR) is 69.6 cm³/mol. The fourth-order valence-corrected chi connectivity index (χ4v) is 2.17. The fraction of sp³-hybridized carbons (Fsp3) is 0.500. The Balaban J connectivity index is 3.09. The number of aliphatic carboxylic acids is 1. The maximum Gasteiger partial charge on any atom is 0.304 e. The van der Waals surface area contributed by atoms with Crippen LogP contribution in [0.2, 0.25) is 0 Å². The molecule has 0 amide bonds. The zero-order valence-corrected chi connectivity index (χ0v) is 11.0. The summed E-state index contributed by atoms with van der Waals surface area (Å²) in [5.41, 5.74) is 4.87. The van der Waals surface area contributed by atoms with Crippen LogP contribution in [0, 0.1) is 20.8 Å². The van der Waals surface area contributed by atoms with E-state index in [0.717, 1.165) is 5.56 Å². The van der Waals surface area contributed by atoms with Crippen LogP contribution in [0.25, 0.3) is 0 Å². The fourth-order valence-electron chi connectivity index (χ4n) is 2.17. The van der Waals surface area contributed by atoms with Gasteiger partial charge in [-0.3, -0.25) is 4.79 Å². The van der Waals surface area contributed by atoms with E-state index in [0.29, 0.717) is 6.54 Å². The third-order valence-corrected chi connectivity index (χ3v) is 3.41. The standard InChI is InChI=1S/C14H21NO2/c1-9-5-6-13(11(3)10(9)2)12(8-15-4)7-14(16)17/h5-6,12,15H,7-8H2,1-4H3,(H,16,17). The summed E-state index contributed by atoms with van der Waals surface area (Å²) in [7, 11) is 1.85. The van der Waals surface area contributed by atoms with E-state index >= 15 is 0 Å². The van der Waals surface area contributed by atoms with Crippen LogP contribution < -0.4 is 5.32 Å². The quantitative estimate of drug-likeness (QED) is 0.824. The lowest BCUT2D eigenvalue weighted by Crippen LogP contribution is -2.21. The van der Waals surface area contributed by atoms with Gasteiger partial charge in [-0.25, -0.2) is 0 Å². The number of benzene rings is 1. The van der Waals surface area contributed by atoms with Gasteiger partial charge in [0, 0.05) is 12.5 Å². The van der Waals surface area contributed by atoms with Gasteiger partial charge in [0.2, 0.25) is 0 Å². The smallest absolute Gasteiger partial charge is 0.304 e. The number of hydrogen-bond acceptors (Lipinski definition) is 2. The molecule has 0 aliphatic rings. The van der Waals surface area contributed by atoms with Crippen molar-refractivity contribution in [2.75, 3.05) is 13.6 Å². The molecule has 94 valence electrons. The van der Waals surface area contributed by atoms with Crippen LogP contribution in [-0.2, 0) is 4.79 Å². The van der Waals surface area contributed by atoms with Gasteiger partial charge in [-0.2, -0.15) is 0 Å². The van der Waals surface area contributed by atoms with Crippen molar-refractivity contribution < 1.29 is 9.90 Å². The molecule has 0 bridgehead atoms. The summed E-state index contributed by atoms with van der Waals surface area (Å²) in [6.07, 6.45) is 0.171. The second-order valence-corrected chi connectivity index (χ2v) is 4.57. The maximum absolute atomic E-state index is 10.9. The molecule has 17 heavy (non-hydrogen) atoms. The van der Waals surface area contributed by atoms with Crippen molar-refractivity contribution in [3.63, 3.8) is 0 Å². The van der Waals surface area contributed by atoms with Gasteiger partial charge >= 0.3 is 5.97 Å². The molecular weight excluding hydrogens is 214 g/mol. The Morgan fingerprint density at radius 3 is 2.47 bits per heavy atom. The first kappa shape index (κ1) is 13.7. The van der Waals surface area contributed by atoms with E-state index in [2.05, 4.69) is 38.2 Å². The molecular formula is C14H21NO2. The molecule has 1 rings (SSSR count). The van der Waals surface area contributed by atoms with Gasteiger partial charge in [-0.1, -0.05) is 12.1 Å². The minimum absolute atomic E-state index is 0.0387. The van der Waals surface area contributed by atoms with Gasteiger partial charge in [-0.15, -0.1) is 0 Å². The lowest BCUT2D eigenvalue weighted by molar-refractivity contribution is -0.137. The highest BCUT2D eigenvalue weighted by Crippen LogP contribution is 2.26. The Labute approximate surface area is 103 Å². The molecule has 3 heteroatoms. The van der Waals surface area contributed by atoms with E-state index in [-0.39, 0.29) is 12.3 Å². The van der Waals surface area contributed by atoms with Crippen molar-refractivity contribution in [1.82, 2.24) is 5.32 Å². The van der Waals surface area contributed by atoms with Crippen molar-refractivity contribution in [3.05, 3.63) is 34.4 Å². The third-order valence-electron chi connectivity index (χ3n) is 3.41. The molecule has 0 radical (unpaired) electrons.